The van der Waals surface area contributed by atoms with Crippen LogP contribution in [0.3, 0.4) is 0 Å². The van der Waals surface area contributed by atoms with Gasteiger partial charge in [-0.3, -0.25) is 4.79 Å². The normalized spacial score (nSPS) is 11.6. The van der Waals surface area contributed by atoms with Crippen molar-refractivity contribution in [2.24, 2.45) is 0 Å². The molecule has 0 bridgehead atoms. The average molecular weight is 455 g/mol. The van der Waals surface area contributed by atoms with Crippen LogP contribution in [-0.4, -0.2) is 33.5 Å². The van der Waals surface area contributed by atoms with Crippen molar-refractivity contribution in [1.82, 2.24) is 5.32 Å². The highest BCUT2D eigenvalue weighted by atomic mass is 79.9. The lowest BCUT2D eigenvalue weighted by molar-refractivity contribution is 0.0964. The molecule has 0 saturated heterocycles. The first-order chi connectivity index (χ1) is 12.7. The van der Waals surface area contributed by atoms with E-state index >= 15 is 0 Å². The quantitative estimate of drug-likeness (QED) is 0.612. The van der Waals surface area contributed by atoms with E-state index in [9.17, 15) is 17.6 Å². The summed E-state index contributed by atoms with van der Waals surface area (Å²) in [7, 11) is -1.72. The number of anilines is 1. The van der Waals surface area contributed by atoms with E-state index in [1.807, 2.05) is 0 Å². The van der Waals surface area contributed by atoms with E-state index in [0.29, 0.717) is 38.0 Å². The number of nitrogens with one attached hydrogen (secondary N) is 2. The van der Waals surface area contributed by atoms with Gasteiger partial charge < -0.3 is 15.1 Å². The predicted molar refractivity (Wildman–Crippen MR) is 106 cm³/mol. The number of halogens is 2. The van der Waals surface area contributed by atoms with Crippen LogP contribution in [0.5, 0.6) is 0 Å². The Morgan fingerprint density at radius 3 is 2.48 bits per heavy atom. The van der Waals surface area contributed by atoms with Crippen molar-refractivity contribution < 1.29 is 22.0 Å². The number of hydrogen-bond donors (Lipinski definition) is 2. The van der Waals surface area contributed by atoms with Gasteiger partial charge in [0, 0.05) is 34.8 Å². The number of sulfone groups is 1. The van der Waals surface area contributed by atoms with Crippen molar-refractivity contribution in [2.75, 3.05) is 24.5 Å². The van der Waals surface area contributed by atoms with Crippen molar-refractivity contribution in [3.05, 3.63) is 52.3 Å². The third kappa shape index (κ3) is 4.14. The maximum Gasteiger partial charge on any atom is 0.255 e. The van der Waals surface area contributed by atoms with Crippen LogP contribution in [0, 0.1) is 5.82 Å². The van der Waals surface area contributed by atoms with Crippen LogP contribution < -0.4 is 10.6 Å². The highest BCUT2D eigenvalue weighted by Gasteiger charge is 2.23. The lowest BCUT2D eigenvalue weighted by Crippen LogP contribution is -2.18. The summed E-state index contributed by atoms with van der Waals surface area (Å²) in [6.07, 6.45) is 1.12. The van der Waals surface area contributed by atoms with E-state index in [-0.39, 0.29) is 11.8 Å². The molecule has 27 heavy (non-hydrogen) atoms. The topological polar surface area (TPSA) is 88.4 Å². The number of carbonyl (C=O) groups excluding carboxylic acids is 1. The van der Waals surface area contributed by atoms with Gasteiger partial charge in [0.25, 0.3) is 5.91 Å². The summed E-state index contributed by atoms with van der Waals surface area (Å²) in [5.74, 6) is -0.690. The van der Waals surface area contributed by atoms with E-state index in [2.05, 4.69) is 26.6 Å². The molecule has 0 radical (unpaired) electrons. The second kappa shape index (κ2) is 7.32. The van der Waals surface area contributed by atoms with Gasteiger partial charge >= 0.3 is 0 Å². The molecule has 1 heterocycles. The molecule has 3 rings (SSSR count). The number of carbonyl (C=O) groups is 1. The van der Waals surface area contributed by atoms with Crippen molar-refractivity contribution in [2.45, 2.75) is 0 Å². The number of furan rings is 1. The first kappa shape index (κ1) is 19.4. The molecule has 3 aromatic rings. The maximum atomic E-state index is 13.2. The molecule has 6 nitrogen and oxygen atoms in total. The van der Waals surface area contributed by atoms with Crippen LogP contribution in [0.25, 0.3) is 22.3 Å². The summed E-state index contributed by atoms with van der Waals surface area (Å²) in [6.45, 7) is 0. The zero-order valence-corrected chi connectivity index (χ0v) is 16.9. The molecular formula is C18H16BrFN2O4S. The monoisotopic (exact) mass is 454 g/mol. The van der Waals surface area contributed by atoms with Gasteiger partial charge in [0.15, 0.2) is 9.84 Å². The van der Waals surface area contributed by atoms with Gasteiger partial charge in [0.2, 0.25) is 0 Å². The van der Waals surface area contributed by atoms with Gasteiger partial charge in [-0.05, 0) is 46.3 Å². The summed E-state index contributed by atoms with van der Waals surface area (Å²) in [5, 5.41) is 5.94. The van der Waals surface area contributed by atoms with Gasteiger partial charge in [-0.25, -0.2) is 12.8 Å². The maximum absolute atomic E-state index is 13.2. The summed E-state index contributed by atoms with van der Waals surface area (Å²) < 4.78 is 42.5. The van der Waals surface area contributed by atoms with Crippen LogP contribution in [0.15, 0.2) is 45.3 Å². The van der Waals surface area contributed by atoms with Crippen LogP contribution in [0.1, 0.15) is 10.4 Å². The minimum atomic E-state index is -3.22. The molecule has 0 unspecified atom stereocenters. The predicted octanol–water partition coefficient (Wildman–Crippen LogP) is 3.78. The smallest absolute Gasteiger partial charge is 0.255 e. The van der Waals surface area contributed by atoms with E-state index < -0.39 is 15.7 Å². The van der Waals surface area contributed by atoms with Gasteiger partial charge in [-0.2, -0.15) is 0 Å². The fourth-order valence-corrected chi connectivity index (χ4v) is 3.52. The summed E-state index contributed by atoms with van der Waals surface area (Å²) in [6, 6.07) is 8.91. The first-order valence-electron chi connectivity index (χ1n) is 7.85. The third-order valence-corrected chi connectivity index (χ3v) is 5.19. The van der Waals surface area contributed by atoms with Gasteiger partial charge in [0.1, 0.15) is 23.0 Å². The Hall–Kier alpha value is -2.39. The van der Waals surface area contributed by atoms with Crippen molar-refractivity contribution in [3.63, 3.8) is 0 Å². The molecule has 0 aliphatic heterocycles. The molecule has 2 N–H and O–H groups in total. The molecule has 0 aliphatic carbocycles. The Bertz CT molecular complexity index is 1120. The Kier molecular flexibility index (Phi) is 5.25. The van der Waals surface area contributed by atoms with Crippen LogP contribution in [0.4, 0.5) is 10.1 Å². The van der Waals surface area contributed by atoms with Crippen molar-refractivity contribution in [1.29, 1.82) is 0 Å². The lowest BCUT2D eigenvalue weighted by Gasteiger charge is -2.07. The molecule has 1 amide bonds. The molecule has 0 aliphatic rings. The van der Waals surface area contributed by atoms with Crippen molar-refractivity contribution in [3.8, 4) is 11.3 Å². The lowest BCUT2D eigenvalue weighted by atomic mass is 10.0. The number of benzene rings is 2. The highest BCUT2D eigenvalue weighted by molar-refractivity contribution is 9.10. The summed E-state index contributed by atoms with van der Waals surface area (Å²) >= 11 is 3.39. The minimum Gasteiger partial charge on any atom is -0.455 e. The fraction of sp³-hybridized carbons (Fsp3) is 0.167. The zero-order valence-electron chi connectivity index (χ0n) is 14.5. The van der Waals surface area contributed by atoms with Crippen LogP contribution in [0.2, 0.25) is 0 Å². The van der Waals surface area contributed by atoms with Crippen LogP contribution in [-0.2, 0) is 9.84 Å². The Labute approximate surface area is 163 Å². The van der Waals surface area contributed by atoms with E-state index in [1.165, 1.54) is 31.3 Å². The molecule has 0 spiro atoms. The van der Waals surface area contributed by atoms with Crippen molar-refractivity contribution >= 4 is 48.3 Å². The Balaban J connectivity index is 2.18. The number of rotatable bonds is 5. The summed E-state index contributed by atoms with van der Waals surface area (Å²) in [4.78, 5) is 12.4. The summed E-state index contributed by atoms with van der Waals surface area (Å²) in [5.41, 5.74) is 1.77. The van der Waals surface area contributed by atoms with E-state index in [0.717, 1.165) is 6.26 Å². The van der Waals surface area contributed by atoms with Gasteiger partial charge in [-0.15, -0.1) is 0 Å². The molecular weight excluding hydrogens is 439 g/mol. The zero-order chi connectivity index (χ0) is 19.8. The molecule has 9 heteroatoms. The average Bonchev–Trinajstić information content (AvgIpc) is 2.97. The highest BCUT2D eigenvalue weighted by Crippen LogP contribution is 2.38. The number of hydrogen-bond acceptors (Lipinski definition) is 5. The second-order valence-corrected chi connectivity index (χ2v) is 8.96. The number of amides is 1. The second-order valence-electron chi connectivity index (χ2n) is 5.97. The first-order valence-corrected chi connectivity index (χ1v) is 10.7. The molecule has 0 atom stereocenters. The Morgan fingerprint density at radius 2 is 1.89 bits per heavy atom. The van der Waals surface area contributed by atoms with Gasteiger partial charge in [-0.1, -0.05) is 0 Å². The van der Waals surface area contributed by atoms with E-state index in [1.54, 1.807) is 12.1 Å². The largest absolute Gasteiger partial charge is 0.455 e. The molecule has 1 aromatic heterocycles. The van der Waals surface area contributed by atoms with Crippen LogP contribution >= 0.6 is 15.9 Å². The minimum absolute atomic E-state index is 0.245. The molecule has 0 saturated carbocycles. The number of fused-ring (bicyclic) bond motifs is 1. The molecule has 142 valence electrons. The Morgan fingerprint density at radius 1 is 1.22 bits per heavy atom. The van der Waals surface area contributed by atoms with E-state index in [4.69, 9.17) is 4.42 Å². The fourth-order valence-electron chi connectivity index (χ4n) is 2.62. The standard InChI is InChI=1S/C18H16BrFN2O4S/c1-21-18(23)16-12-7-13(19)14(22-9-27(2,24)25)8-15(12)26-17(16)10-3-5-11(20)6-4-10/h3-8,22H,9H2,1-2H3,(H,21,23). The van der Waals surface area contributed by atoms with Gasteiger partial charge in [0.05, 0.1) is 11.3 Å². The third-order valence-electron chi connectivity index (χ3n) is 3.86. The SMILES string of the molecule is CNC(=O)c1c(-c2ccc(F)cc2)oc2cc(NCS(C)(=O)=O)c(Br)cc12. The molecule has 0 fully saturated rings. The molecule has 2 aromatic carbocycles.